The van der Waals surface area contributed by atoms with E-state index in [-0.39, 0.29) is 10.4 Å². The first-order chi connectivity index (χ1) is 9.91. The van der Waals surface area contributed by atoms with Gasteiger partial charge in [-0.25, -0.2) is 14.1 Å². The molecule has 0 aliphatic rings. The number of hydrogen-bond donors (Lipinski definition) is 0. The van der Waals surface area contributed by atoms with E-state index < -0.39 is 5.82 Å². The first-order valence-corrected chi connectivity index (χ1v) is 7.23. The highest BCUT2D eigenvalue weighted by atomic mass is 35.5. The van der Waals surface area contributed by atoms with Gasteiger partial charge in [-0.15, -0.1) is 11.6 Å². The Labute approximate surface area is 131 Å². The SMILES string of the molecule is Cc1nn(C)c2c1nc(C(C)Cl)n2-c1cccc(Cl)c1F. The maximum atomic E-state index is 14.4. The summed E-state index contributed by atoms with van der Waals surface area (Å²) in [7, 11) is 1.79. The number of hydrogen-bond acceptors (Lipinski definition) is 2. The van der Waals surface area contributed by atoms with Crippen LogP contribution in [0.2, 0.25) is 5.02 Å². The van der Waals surface area contributed by atoms with Crippen molar-refractivity contribution in [3.8, 4) is 5.69 Å². The lowest BCUT2D eigenvalue weighted by Gasteiger charge is -2.12. The number of nitrogens with zero attached hydrogens (tertiary/aromatic N) is 4. The maximum absolute atomic E-state index is 14.4. The van der Waals surface area contributed by atoms with Gasteiger partial charge in [-0.3, -0.25) is 4.57 Å². The molecule has 4 nitrogen and oxygen atoms in total. The van der Waals surface area contributed by atoms with Gasteiger partial charge in [-0.1, -0.05) is 17.7 Å². The summed E-state index contributed by atoms with van der Waals surface area (Å²) < 4.78 is 17.8. The third-order valence-corrected chi connectivity index (χ3v) is 3.84. The van der Waals surface area contributed by atoms with Crippen molar-refractivity contribution in [3.05, 3.63) is 40.6 Å². The number of halogens is 3. The largest absolute Gasteiger partial charge is 0.277 e. The molecule has 0 aliphatic carbocycles. The molecule has 0 spiro atoms. The zero-order valence-corrected chi connectivity index (χ0v) is 13.2. The molecule has 1 unspecified atom stereocenters. The van der Waals surface area contributed by atoms with E-state index in [2.05, 4.69) is 10.1 Å². The molecule has 2 heterocycles. The van der Waals surface area contributed by atoms with E-state index in [1.54, 1.807) is 35.4 Å². The van der Waals surface area contributed by atoms with Gasteiger partial charge in [0, 0.05) is 7.05 Å². The van der Waals surface area contributed by atoms with Gasteiger partial charge in [0.1, 0.15) is 11.3 Å². The molecule has 3 rings (SSSR count). The summed E-state index contributed by atoms with van der Waals surface area (Å²) in [6.07, 6.45) is 0. The van der Waals surface area contributed by atoms with E-state index in [0.29, 0.717) is 22.7 Å². The highest BCUT2D eigenvalue weighted by molar-refractivity contribution is 6.30. The Bertz CT molecular complexity index is 835. The Kier molecular flexibility index (Phi) is 3.42. The van der Waals surface area contributed by atoms with E-state index >= 15 is 0 Å². The summed E-state index contributed by atoms with van der Waals surface area (Å²) in [5, 5.41) is 4.00. The van der Waals surface area contributed by atoms with Gasteiger partial charge in [0.2, 0.25) is 0 Å². The number of aromatic nitrogens is 4. The number of fused-ring (bicyclic) bond motifs is 1. The molecule has 1 atom stereocenters. The van der Waals surface area contributed by atoms with E-state index in [0.717, 1.165) is 5.69 Å². The number of benzene rings is 1. The standard InChI is InChI=1S/C14H13Cl2FN4/c1-7(15)13-18-12-8(2)19-20(3)14(12)21(13)10-6-4-5-9(16)11(10)17/h4-7H,1-3H3. The molecule has 0 aliphatic heterocycles. The van der Waals surface area contributed by atoms with Crippen LogP contribution in [0.1, 0.15) is 23.8 Å². The van der Waals surface area contributed by atoms with Crippen molar-refractivity contribution in [1.82, 2.24) is 19.3 Å². The lowest BCUT2D eigenvalue weighted by atomic mass is 10.3. The van der Waals surface area contributed by atoms with Gasteiger partial charge >= 0.3 is 0 Å². The smallest absolute Gasteiger partial charge is 0.165 e. The summed E-state index contributed by atoms with van der Waals surface area (Å²) in [5.74, 6) is 0.0554. The van der Waals surface area contributed by atoms with Crippen LogP contribution >= 0.6 is 23.2 Å². The van der Waals surface area contributed by atoms with Crippen LogP contribution in [0.4, 0.5) is 4.39 Å². The summed E-state index contributed by atoms with van der Waals surface area (Å²) in [4.78, 5) is 4.52. The second-order valence-corrected chi connectivity index (χ2v) is 5.94. The van der Waals surface area contributed by atoms with E-state index in [1.165, 1.54) is 6.07 Å². The molecule has 110 valence electrons. The fourth-order valence-corrected chi connectivity index (χ4v) is 2.77. The van der Waals surface area contributed by atoms with Crippen molar-refractivity contribution in [2.75, 3.05) is 0 Å². The van der Waals surface area contributed by atoms with E-state index in [4.69, 9.17) is 23.2 Å². The topological polar surface area (TPSA) is 35.6 Å². The van der Waals surface area contributed by atoms with Gasteiger partial charge in [0.05, 0.1) is 21.8 Å². The molecule has 0 bridgehead atoms. The number of rotatable bonds is 2. The molecule has 0 fully saturated rings. The molecule has 0 N–H and O–H groups in total. The quantitative estimate of drug-likeness (QED) is 0.663. The van der Waals surface area contributed by atoms with E-state index in [1.807, 2.05) is 6.92 Å². The number of aryl methyl sites for hydroxylation is 2. The minimum absolute atomic E-state index is 0.0569. The number of alkyl halides is 1. The molecule has 0 saturated carbocycles. The van der Waals surface area contributed by atoms with Crippen LogP contribution < -0.4 is 0 Å². The molecule has 0 amide bonds. The van der Waals surface area contributed by atoms with Crippen molar-refractivity contribution in [2.45, 2.75) is 19.2 Å². The van der Waals surface area contributed by atoms with Crippen molar-refractivity contribution in [3.63, 3.8) is 0 Å². The number of imidazole rings is 1. The van der Waals surface area contributed by atoms with Crippen LogP contribution in [0.25, 0.3) is 16.9 Å². The van der Waals surface area contributed by atoms with Gasteiger partial charge in [-0.2, -0.15) is 5.10 Å². The zero-order chi connectivity index (χ0) is 15.3. The predicted octanol–water partition coefficient (Wildman–Crippen LogP) is 4.16. The molecule has 0 saturated heterocycles. The van der Waals surface area contributed by atoms with Gasteiger partial charge in [0.15, 0.2) is 11.5 Å². The second-order valence-electron chi connectivity index (χ2n) is 4.88. The molecule has 7 heteroatoms. The van der Waals surface area contributed by atoms with Crippen LogP contribution in [-0.4, -0.2) is 19.3 Å². The molecular formula is C14H13Cl2FN4. The first-order valence-electron chi connectivity index (χ1n) is 6.42. The minimum Gasteiger partial charge on any atom is -0.277 e. The summed E-state index contributed by atoms with van der Waals surface area (Å²) in [6, 6.07) is 4.85. The molecule has 1 aromatic carbocycles. The van der Waals surface area contributed by atoms with Gasteiger partial charge < -0.3 is 0 Å². The summed E-state index contributed by atoms with van der Waals surface area (Å²) in [5.41, 5.74) is 2.48. The maximum Gasteiger partial charge on any atom is 0.165 e. The Hall–Kier alpha value is -1.59. The van der Waals surface area contributed by atoms with Gasteiger partial charge in [-0.05, 0) is 26.0 Å². The van der Waals surface area contributed by atoms with Crippen molar-refractivity contribution in [1.29, 1.82) is 0 Å². The van der Waals surface area contributed by atoms with Crippen molar-refractivity contribution >= 4 is 34.4 Å². The van der Waals surface area contributed by atoms with Gasteiger partial charge in [0.25, 0.3) is 0 Å². The first kappa shape index (κ1) is 14.4. The lowest BCUT2D eigenvalue weighted by Crippen LogP contribution is -2.07. The Morgan fingerprint density at radius 3 is 2.71 bits per heavy atom. The molecule has 2 aromatic heterocycles. The van der Waals surface area contributed by atoms with Crippen molar-refractivity contribution in [2.24, 2.45) is 7.05 Å². The average Bonchev–Trinajstić information content (AvgIpc) is 2.93. The van der Waals surface area contributed by atoms with E-state index in [9.17, 15) is 4.39 Å². The summed E-state index contributed by atoms with van der Waals surface area (Å²) in [6.45, 7) is 3.65. The predicted molar refractivity (Wildman–Crippen MR) is 81.8 cm³/mol. The zero-order valence-electron chi connectivity index (χ0n) is 11.7. The Morgan fingerprint density at radius 2 is 2.05 bits per heavy atom. The van der Waals surface area contributed by atoms with Crippen LogP contribution in [-0.2, 0) is 7.05 Å². The van der Waals surface area contributed by atoms with Crippen LogP contribution in [0.5, 0.6) is 0 Å². The van der Waals surface area contributed by atoms with Crippen LogP contribution in [0.3, 0.4) is 0 Å². The minimum atomic E-state index is -0.504. The molecule has 3 aromatic rings. The second kappa shape index (κ2) is 5.00. The third-order valence-electron chi connectivity index (χ3n) is 3.36. The molecule has 21 heavy (non-hydrogen) atoms. The lowest BCUT2D eigenvalue weighted by molar-refractivity contribution is 0.614. The Balaban J connectivity index is 2.44. The molecular weight excluding hydrogens is 314 g/mol. The summed E-state index contributed by atoms with van der Waals surface area (Å²) >= 11 is 12.1. The average molecular weight is 327 g/mol. The monoisotopic (exact) mass is 326 g/mol. The van der Waals surface area contributed by atoms with Crippen LogP contribution in [0.15, 0.2) is 18.2 Å². The molecule has 0 radical (unpaired) electrons. The fraction of sp³-hybridized carbons (Fsp3) is 0.286. The highest BCUT2D eigenvalue weighted by Crippen LogP contribution is 2.31. The third kappa shape index (κ3) is 2.12. The fourth-order valence-electron chi connectivity index (χ4n) is 2.46. The highest BCUT2D eigenvalue weighted by Gasteiger charge is 2.23. The Morgan fingerprint density at radius 1 is 1.33 bits per heavy atom. The normalized spacial score (nSPS) is 13.0. The van der Waals surface area contributed by atoms with Crippen LogP contribution in [0, 0.1) is 12.7 Å². The van der Waals surface area contributed by atoms with Crippen molar-refractivity contribution < 1.29 is 4.39 Å².